The van der Waals surface area contributed by atoms with Gasteiger partial charge in [-0.05, 0) is 38.2 Å². The second-order valence-electron chi connectivity index (χ2n) is 6.43. The van der Waals surface area contributed by atoms with Crippen molar-refractivity contribution in [1.82, 2.24) is 10.2 Å². The minimum Gasteiger partial charge on any atom is -0.350 e. The van der Waals surface area contributed by atoms with Crippen LogP contribution in [0.5, 0.6) is 0 Å². The summed E-state index contributed by atoms with van der Waals surface area (Å²) in [6.45, 7) is 8.80. The van der Waals surface area contributed by atoms with Gasteiger partial charge in [-0.25, -0.2) is 0 Å². The summed E-state index contributed by atoms with van der Waals surface area (Å²) in [5, 5.41) is 3.61. The Morgan fingerprint density at radius 3 is 2.67 bits per heavy atom. The van der Waals surface area contributed by atoms with E-state index in [4.69, 9.17) is 4.99 Å². The van der Waals surface area contributed by atoms with Crippen molar-refractivity contribution in [2.45, 2.75) is 45.7 Å². The maximum Gasteiger partial charge on any atom is 0.194 e. The van der Waals surface area contributed by atoms with E-state index in [1.165, 1.54) is 24.0 Å². The molecule has 0 saturated carbocycles. The maximum atomic E-state index is 4.73. The van der Waals surface area contributed by atoms with Gasteiger partial charge in [0.05, 0.1) is 18.6 Å². The molecule has 1 N–H and O–H groups in total. The summed E-state index contributed by atoms with van der Waals surface area (Å²) in [6, 6.07) is 9.72. The van der Waals surface area contributed by atoms with Crippen molar-refractivity contribution in [3.8, 4) is 0 Å². The molecular weight excluding hydrogens is 373 g/mol. The van der Waals surface area contributed by atoms with Crippen molar-refractivity contribution in [3.05, 3.63) is 35.4 Å². The van der Waals surface area contributed by atoms with E-state index in [0.717, 1.165) is 25.0 Å². The Morgan fingerprint density at radius 2 is 1.95 bits per heavy atom. The second-order valence-corrected chi connectivity index (χ2v) is 6.43. The molecule has 116 valence electrons. The Morgan fingerprint density at radius 1 is 1.24 bits per heavy atom. The molecule has 2 heterocycles. The fraction of sp³-hybridized carbons (Fsp3) is 0.588. The monoisotopic (exact) mass is 399 g/mol. The van der Waals surface area contributed by atoms with E-state index in [1.54, 1.807) is 0 Å². The first-order chi connectivity index (χ1) is 9.63. The van der Waals surface area contributed by atoms with E-state index in [9.17, 15) is 0 Å². The number of aryl methyl sites for hydroxylation is 1. The van der Waals surface area contributed by atoms with Crippen LogP contribution < -0.4 is 5.32 Å². The molecule has 2 aliphatic rings. The molecule has 1 aromatic rings. The highest BCUT2D eigenvalue weighted by Gasteiger charge is 2.33. The van der Waals surface area contributed by atoms with Crippen LogP contribution in [-0.4, -0.2) is 30.0 Å². The smallest absolute Gasteiger partial charge is 0.194 e. The zero-order valence-electron chi connectivity index (χ0n) is 13.2. The Balaban J connectivity index is 0.00000161. The van der Waals surface area contributed by atoms with Crippen LogP contribution in [0.2, 0.25) is 0 Å². The van der Waals surface area contributed by atoms with Gasteiger partial charge in [0.2, 0.25) is 0 Å². The zero-order valence-corrected chi connectivity index (χ0v) is 15.5. The summed E-state index contributed by atoms with van der Waals surface area (Å²) < 4.78 is 0. The van der Waals surface area contributed by atoms with Gasteiger partial charge in [-0.2, -0.15) is 0 Å². The normalized spacial score (nSPS) is 25.7. The average molecular weight is 399 g/mol. The topological polar surface area (TPSA) is 27.6 Å². The van der Waals surface area contributed by atoms with Crippen molar-refractivity contribution in [1.29, 1.82) is 0 Å². The van der Waals surface area contributed by atoms with Gasteiger partial charge in [0, 0.05) is 6.54 Å². The lowest BCUT2D eigenvalue weighted by molar-refractivity contribution is 0.210. The maximum absolute atomic E-state index is 4.73. The molecule has 0 spiro atoms. The van der Waals surface area contributed by atoms with E-state index in [1.807, 2.05) is 0 Å². The van der Waals surface area contributed by atoms with Crippen molar-refractivity contribution in [2.75, 3.05) is 13.1 Å². The van der Waals surface area contributed by atoms with Crippen molar-refractivity contribution < 1.29 is 0 Å². The molecule has 3 rings (SSSR count). The lowest BCUT2D eigenvalue weighted by Crippen LogP contribution is -2.48. The summed E-state index contributed by atoms with van der Waals surface area (Å²) in [6.07, 6.45) is 2.63. The van der Waals surface area contributed by atoms with Gasteiger partial charge >= 0.3 is 0 Å². The highest BCUT2D eigenvalue weighted by atomic mass is 127. The highest BCUT2D eigenvalue weighted by Crippen LogP contribution is 2.26. The van der Waals surface area contributed by atoms with Crippen LogP contribution in [0.4, 0.5) is 0 Å². The molecule has 1 saturated heterocycles. The molecule has 21 heavy (non-hydrogen) atoms. The number of benzene rings is 1. The first kappa shape index (κ1) is 16.6. The third-order valence-electron chi connectivity index (χ3n) is 4.59. The molecule has 0 aliphatic carbocycles. The van der Waals surface area contributed by atoms with Gasteiger partial charge in [0.25, 0.3) is 0 Å². The molecule has 0 aromatic heterocycles. The quantitative estimate of drug-likeness (QED) is 0.768. The van der Waals surface area contributed by atoms with Gasteiger partial charge in [-0.3, -0.25) is 4.99 Å². The molecule has 2 aliphatic heterocycles. The molecule has 0 amide bonds. The molecule has 0 bridgehead atoms. The van der Waals surface area contributed by atoms with Crippen molar-refractivity contribution >= 4 is 29.9 Å². The Hall–Kier alpha value is -0.780. The number of hydrogen-bond acceptors (Lipinski definition) is 3. The summed E-state index contributed by atoms with van der Waals surface area (Å²) in [5.74, 6) is 1.89. The van der Waals surface area contributed by atoms with E-state index >= 15 is 0 Å². The fourth-order valence-electron chi connectivity index (χ4n) is 3.20. The first-order valence-corrected chi connectivity index (χ1v) is 7.77. The first-order valence-electron chi connectivity index (χ1n) is 7.77. The fourth-order valence-corrected chi connectivity index (χ4v) is 3.20. The standard InChI is InChI=1S/C17H25N3.HI/c1-12-4-7-15(8-5-12)14(3)19-17-18-10-16-9-6-13(2)11-20(16)17;/h4-5,7-8,13-14,16H,6,9-11H2,1-3H3,(H,18,19);1H. The molecule has 3 atom stereocenters. The summed E-state index contributed by atoms with van der Waals surface area (Å²) in [5.41, 5.74) is 2.64. The van der Waals surface area contributed by atoms with Crippen LogP contribution in [0.1, 0.15) is 43.9 Å². The number of fused-ring (bicyclic) bond motifs is 1. The number of rotatable bonds is 2. The second kappa shape index (κ2) is 6.99. The molecule has 3 unspecified atom stereocenters. The number of nitrogens with zero attached hydrogens (tertiary/aromatic N) is 2. The van der Waals surface area contributed by atoms with E-state index in [0.29, 0.717) is 12.1 Å². The molecular formula is C17H26IN3. The predicted molar refractivity (Wildman–Crippen MR) is 99.3 cm³/mol. The van der Waals surface area contributed by atoms with Crippen LogP contribution in [0, 0.1) is 12.8 Å². The van der Waals surface area contributed by atoms with E-state index < -0.39 is 0 Å². The molecule has 0 radical (unpaired) electrons. The lowest BCUT2D eigenvalue weighted by Gasteiger charge is -2.36. The summed E-state index contributed by atoms with van der Waals surface area (Å²) in [7, 11) is 0. The molecule has 1 aromatic carbocycles. The minimum atomic E-state index is 0. The number of guanidine groups is 1. The third kappa shape index (κ3) is 3.71. The summed E-state index contributed by atoms with van der Waals surface area (Å²) >= 11 is 0. The molecule has 4 heteroatoms. The number of hydrogen-bond donors (Lipinski definition) is 1. The van der Waals surface area contributed by atoms with Crippen LogP contribution in [0.3, 0.4) is 0 Å². The van der Waals surface area contributed by atoms with Crippen LogP contribution in [-0.2, 0) is 0 Å². The van der Waals surface area contributed by atoms with E-state index in [2.05, 4.69) is 55.3 Å². The lowest BCUT2D eigenvalue weighted by atomic mass is 9.95. The van der Waals surface area contributed by atoms with Crippen LogP contribution >= 0.6 is 24.0 Å². The molecule has 1 fully saturated rings. The average Bonchev–Trinajstić information content (AvgIpc) is 2.82. The number of piperidine rings is 1. The zero-order chi connectivity index (χ0) is 14.1. The largest absolute Gasteiger partial charge is 0.350 e. The van der Waals surface area contributed by atoms with Gasteiger partial charge in [0.15, 0.2) is 5.96 Å². The van der Waals surface area contributed by atoms with Gasteiger partial charge in [0.1, 0.15) is 0 Å². The van der Waals surface area contributed by atoms with Crippen LogP contribution in [0.25, 0.3) is 0 Å². The minimum absolute atomic E-state index is 0. The Labute approximate surface area is 145 Å². The van der Waals surface area contributed by atoms with Crippen molar-refractivity contribution in [3.63, 3.8) is 0 Å². The summed E-state index contributed by atoms with van der Waals surface area (Å²) in [4.78, 5) is 7.21. The number of aliphatic imine (C=N–C) groups is 1. The van der Waals surface area contributed by atoms with Gasteiger partial charge < -0.3 is 10.2 Å². The van der Waals surface area contributed by atoms with Gasteiger partial charge in [-0.15, -0.1) is 24.0 Å². The highest BCUT2D eigenvalue weighted by molar-refractivity contribution is 14.0. The number of nitrogens with one attached hydrogen (secondary N) is 1. The Kier molecular flexibility index (Phi) is 5.52. The Bertz CT molecular complexity index is 497. The van der Waals surface area contributed by atoms with E-state index in [-0.39, 0.29) is 24.0 Å². The van der Waals surface area contributed by atoms with Crippen LogP contribution in [0.15, 0.2) is 29.3 Å². The SMILES string of the molecule is Cc1ccc(C(C)NC2=NCC3CCC(C)CN23)cc1.I. The third-order valence-corrected chi connectivity index (χ3v) is 4.59. The predicted octanol–water partition coefficient (Wildman–Crippen LogP) is 3.73. The van der Waals surface area contributed by atoms with Gasteiger partial charge in [-0.1, -0.05) is 36.8 Å². The number of halogens is 1. The molecule has 3 nitrogen and oxygen atoms in total. The van der Waals surface area contributed by atoms with Crippen molar-refractivity contribution in [2.24, 2.45) is 10.9 Å².